The summed E-state index contributed by atoms with van der Waals surface area (Å²) in [5, 5.41) is 29.6. The van der Waals surface area contributed by atoms with Crippen LogP contribution in [0.3, 0.4) is 0 Å². The zero-order chi connectivity index (χ0) is 20.4. The number of H-pyrrole nitrogens is 1. The Labute approximate surface area is 165 Å². The highest BCUT2D eigenvalue weighted by Gasteiger charge is 2.21. The summed E-state index contributed by atoms with van der Waals surface area (Å²) in [4.78, 5) is 24.3. The van der Waals surface area contributed by atoms with Crippen LogP contribution in [-0.2, 0) is 6.54 Å². The molecule has 0 aliphatic heterocycles. The fourth-order valence-corrected chi connectivity index (χ4v) is 2.89. The van der Waals surface area contributed by atoms with Crippen molar-refractivity contribution in [2.24, 2.45) is 5.73 Å². The predicted octanol–water partition coefficient (Wildman–Crippen LogP) is -0.194. The number of primary amides is 1. The van der Waals surface area contributed by atoms with Gasteiger partial charge in [-0.15, -0.1) is 0 Å². The summed E-state index contributed by atoms with van der Waals surface area (Å²) in [7, 11) is -1.68. The van der Waals surface area contributed by atoms with Crippen LogP contribution in [0, 0.1) is 0 Å². The normalized spacial score (nSPS) is 10.8. The quantitative estimate of drug-likeness (QED) is 0.283. The fourth-order valence-electron chi connectivity index (χ4n) is 2.89. The van der Waals surface area contributed by atoms with E-state index < -0.39 is 13.0 Å². The first-order valence-electron chi connectivity index (χ1n) is 8.70. The number of hydrogen-bond acceptors (Lipinski definition) is 8. The Morgan fingerprint density at radius 2 is 1.86 bits per heavy atom. The van der Waals surface area contributed by atoms with E-state index >= 15 is 0 Å². The molecule has 0 atom stereocenters. The minimum Gasteiger partial charge on any atom is -0.423 e. The number of aromatic nitrogens is 5. The van der Waals surface area contributed by atoms with Crippen LogP contribution in [0.25, 0.3) is 22.4 Å². The first kappa shape index (κ1) is 18.5. The van der Waals surface area contributed by atoms with Crippen LogP contribution in [0.4, 0.5) is 5.95 Å². The Hall–Kier alpha value is -3.83. The minimum atomic E-state index is -1.68. The number of hydrogen-bond donors (Lipinski definition) is 5. The standard InChI is InChI=1S/C18H16BN7O3/c20-15(27)17-22-16(23-18(24-17)21-9-10-5-2-1-3-6-10)14-11-7-4-8-12(19(28)29)13(11)25-26-14/h1-8,28-29H,9H2,(H2,20,27)(H,25,26)(H,21,22,23,24). The number of carbonyl (C=O) groups excluding carboxylic acids is 1. The smallest absolute Gasteiger partial charge is 0.423 e. The Morgan fingerprint density at radius 3 is 2.59 bits per heavy atom. The van der Waals surface area contributed by atoms with Gasteiger partial charge in [-0.2, -0.15) is 15.1 Å². The van der Waals surface area contributed by atoms with Gasteiger partial charge >= 0.3 is 7.12 Å². The summed E-state index contributed by atoms with van der Waals surface area (Å²) >= 11 is 0. The number of amides is 1. The molecule has 2 aromatic heterocycles. The second-order valence-electron chi connectivity index (χ2n) is 6.23. The summed E-state index contributed by atoms with van der Waals surface area (Å²) in [5.74, 6) is -0.677. The zero-order valence-corrected chi connectivity index (χ0v) is 15.1. The van der Waals surface area contributed by atoms with Gasteiger partial charge in [-0.25, -0.2) is 4.98 Å². The molecule has 144 valence electrons. The number of anilines is 1. The second kappa shape index (κ2) is 7.66. The van der Waals surface area contributed by atoms with E-state index in [4.69, 9.17) is 5.73 Å². The van der Waals surface area contributed by atoms with Crippen LogP contribution in [0.5, 0.6) is 0 Å². The van der Waals surface area contributed by atoms with Gasteiger partial charge in [0.05, 0.1) is 5.52 Å². The Morgan fingerprint density at radius 1 is 1.07 bits per heavy atom. The molecule has 10 nitrogen and oxygen atoms in total. The highest BCUT2D eigenvalue weighted by atomic mass is 16.4. The molecule has 29 heavy (non-hydrogen) atoms. The van der Waals surface area contributed by atoms with Crippen molar-refractivity contribution in [2.75, 3.05) is 5.32 Å². The topological polar surface area (TPSA) is 163 Å². The third kappa shape index (κ3) is 3.77. The van der Waals surface area contributed by atoms with Gasteiger partial charge in [0, 0.05) is 17.4 Å². The van der Waals surface area contributed by atoms with Crippen molar-refractivity contribution in [1.29, 1.82) is 0 Å². The van der Waals surface area contributed by atoms with Crippen LogP contribution in [0.2, 0.25) is 0 Å². The Bertz CT molecular complexity index is 1180. The van der Waals surface area contributed by atoms with Crippen molar-refractivity contribution in [3.8, 4) is 11.5 Å². The fraction of sp³-hybridized carbons (Fsp3) is 0.0556. The van der Waals surface area contributed by atoms with Gasteiger partial charge in [0.1, 0.15) is 5.69 Å². The Kier molecular flexibility index (Phi) is 4.89. The average molecular weight is 389 g/mol. The van der Waals surface area contributed by atoms with E-state index in [9.17, 15) is 14.8 Å². The van der Waals surface area contributed by atoms with Crippen LogP contribution >= 0.6 is 0 Å². The van der Waals surface area contributed by atoms with Crippen LogP contribution in [0.15, 0.2) is 48.5 Å². The molecule has 6 N–H and O–H groups in total. The number of fused-ring (bicyclic) bond motifs is 1. The van der Waals surface area contributed by atoms with Crippen LogP contribution < -0.4 is 16.5 Å². The Balaban J connectivity index is 1.75. The molecule has 0 aliphatic rings. The van der Waals surface area contributed by atoms with Gasteiger partial charge in [-0.3, -0.25) is 9.89 Å². The summed E-state index contributed by atoms with van der Waals surface area (Å²) in [6, 6.07) is 14.5. The molecule has 0 spiro atoms. The number of para-hydroxylation sites is 1. The van der Waals surface area contributed by atoms with Crippen LogP contribution in [0.1, 0.15) is 16.2 Å². The summed E-state index contributed by atoms with van der Waals surface area (Å²) < 4.78 is 0. The predicted molar refractivity (Wildman–Crippen MR) is 107 cm³/mol. The van der Waals surface area contributed by atoms with Gasteiger partial charge in [-0.05, 0) is 5.56 Å². The van der Waals surface area contributed by atoms with Crippen molar-refractivity contribution >= 4 is 35.3 Å². The molecule has 0 saturated heterocycles. The molecule has 0 fully saturated rings. The van der Waals surface area contributed by atoms with Crippen molar-refractivity contribution in [3.63, 3.8) is 0 Å². The monoisotopic (exact) mass is 389 g/mol. The molecule has 0 bridgehead atoms. The number of aromatic amines is 1. The van der Waals surface area contributed by atoms with E-state index in [1.54, 1.807) is 18.2 Å². The lowest BCUT2D eigenvalue weighted by Crippen LogP contribution is -2.30. The lowest BCUT2D eigenvalue weighted by Gasteiger charge is -2.08. The number of nitrogens with two attached hydrogens (primary N) is 1. The number of benzene rings is 2. The number of rotatable bonds is 6. The molecule has 4 aromatic rings. The van der Waals surface area contributed by atoms with E-state index in [1.165, 1.54) is 0 Å². The van der Waals surface area contributed by atoms with Crippen molar-refractivity contribution in [2.45, 2.75) is 6.54 Å². The number of nitrogens with one attached hydrogen (secondary N) is 2. The summed E-state index contributed by atoms with van der Waals surface area (Å²) in [5.41, 5.74) is 7.37. The lowest BCUT2D eigenvalue weighted by molar-refractivity contribution is 0.0990. The molecule has 0 radical (unpaired) electrons. The maximum Gasteiger partial charge on any atom is 0.490 e. The number of carbonyl (C=O) groups is 1. The highest BCUT2D eigenvalue weighted by Crippen LogP contribution is 2.23. The van der Waals surface area contributed by atoms with E-state index in [2.05, 4.69) is 30.5 Å². The summed E-state index contributed by atoms with van der Waals surface area (Å²) in [6.07, 6.45) is 0. The van der Waals surface area contributed by atoms with E-state index in [0.717, 1.165) is 5.56 Å². The molecule has 0 unspecified atom stereocenters. The highest BCUT2D eigenvalue weighted by molar-refractivity contribution is 6.61. The molecule has 0 saturated carbocycles. The van der Waals surface area contributed by atoms with Gasteiger partial charge in [0.2, 0.25) is 11.8 Å². The first-order chi connectivity index (χ1) is 14.0. The van der Waals surface area contributed by atoms with E-state index in [0.29, 0.717) is 23.1 Å². The van der Waals surface area contributed by atoms with Crippen molar-refractivity contribution in [3.05, 3.63) is 59.9 Å². The molecule has 11 heteroatoms. The molecule has 2 heterocycles. The molecule has 0 aliphatic carbocycles. The third-order valence-electron chi connectivity index (χ3n) is 4.27. The lowest BCUT2D eigenvalue weighted by atomic mass is 9.79. The molecule has 1 amide bonds. The van der Waals surface area contributed by atoms with E-state index in [-0.39, 0.29) is 23.1 Å². The maximum absolute atomic E-state index is 11.7. The second-order valence-corrected chi connectivity index (χ2v) is 6.23. The number of nitrogens with zero attached hydrogens (tertiary/aromatic N) is 4. The van der Waals surface area contributed by atoms with Crippen LogP contribution in [-0.4, -0.2) is 48.2 Å². The van der Waals surface area contributed by atoms with E-state index in [1.807, 2.05) is 30.3 Å². The minimum absolute atomic E-state index is 0.149. The average Bonchev–Trinajstić information content (AvgIpc) is 3.17. The first-order valence-corrected chi connectivity index (χ1v) is 8.70. The molecule has 2 aromatic carbocycles. The maximum atomic E-state index is 11.7. The van der Waals surface area contributed by atoms with Gasteiger partial charge in [0.15, 0.2) is 5.82 Å². The van der Waals surface area contributed by atoms with Crippen molar-refractivity contribution in [1.82, 2.24) is 25.1 Å². The summed E-state index contributed by atoms with van der Waals surface area (Å²) in [6.45, 7) is 0.438. The van der Waals surface area contributed by atoms with Gasteiger partial charge < -0.3 is 21.1 Å². The molecular formula is C18H16BN7O3. The third-order valence-corrected chi connectivity index (χ3v) is 4.27. The SMILES string of the molecule is NC(=O)c1nc(NCc2ccccc2)nc(-c2[nH]nc3c(B(O)O)cccc23)n1. The molecular weight excluding hydrogens is 373 g/mol. The molecule has 4 rings (SSSR count). The van der Waals surface area contributed by atoms with Gasteiger partial charge in [-0.1, -0.05) is 48.5 Å². The van der Waals surface area contributed by atoms with Gasteiger partial charge in [0.25, 0.3) is 5.91 Å². The largest absolute Gasteiger partial charge is 0.490 e. The zero-order valence-electron chi connectivity index (χ0n) is 15.1. The van der Waals surface area contributed by atoms with Crippen molar-refractivity contribution < 1.29 is 14.8 Å².